The Kier molecular flexibility index (Phi) is 10.7. The number of carbonyl (C=O) groups excluding carboxylic acids is 1. The molecule has 0 aliphatic heterocycles. The average Bonchev–Trinajstić information content (AvgIpc) is 3.07. The summed E-state index contributed by atoms with van der Waals surface area (Å²) in [5, 5.41) is 3.53. The summed E-state index contributed by atoms with van der Waals surface area (Å²) in [6, 6.07) is 25.1. The van der Waals surface area contributed by atoms with E-state index in [2.05, 4.69) is 10.2 Å². The van der Waals surface area contributed by atoms with Gasteiger partial charge in [0, 0.05) is 23.1 Å². The molecule has 2 aliphatic rings. The Labute approximate surface area is 255 Å². The predicted molar refractivity (Wildman–Crippen MR) is 174 cm³/mol. The molecule has 0 spiro atoms. The van der Waals surface area contributed by atoms with Crippen molar-refractivity contribution in [2.24, 2.45) is 4.99 Å². The zero-order valence-corrected chi connectivity index (χ0v) is 25.3. The van der Waals surface area contributed by atoms with Crippen molar-refractivity contribution in [3.05, 3.63) is 84.1 Å². The van der Waals surface area contributed by atoms with Crippen LogP contribution in [0.3, 0.4) is 0 Å². The van der Waals surface area contributed by atoms with Crippen molar-refractivity contribution in [1.29, 1.82) is 0 Å². The van der Waals surface area contributed by atoms with Gasteiger partial charge in [-0.3, -0.25) is 4.79 Å². The fourth-order valence-corrected chi connectivity index (χ4v) is 5.88. The second-order valence-corrected chi connectivity index (χ2v) is 11.3. The summed E-state index contributed by atoms with van der Waals surface area (Å²) in [4.78, 5) is 19.3. The Hall–Kier alpha value is -4.26. The number of benzene rings is 3. The summed E-state index contributed by atoms with van der Waals surface area (Å²) in [6.07, 6.45) is 14.2. The number of aldehydes is 1. The van der Waals surface area contributed by atoms with E-state index in [0.717, 1.165) is 66.1 Å². The van der Waals surface area contributed by atoms with Crippen molar-refractivity contribution in [2.75, 3.05) is 19.1 Å². The SMILES string of the molecule is COc1ccc(N(c2ccc(/C=C(\C=O)OC(=NC3CCCCC3)NC3CCCCC3)cc2)c2ccc(OC)cc2)cc1. The monoisotopic (exact) mass is 581 g/mol. The molecule has 226 valence electrons. The maximum absolute atomic E-state index is 12.2. The van der Waals surface area contributed by atoms with Crippen LogP contribution >= 0.6 is 0 Å². The van der Waals surface area contributed by atoms with Gasteiger partial charge in [0.25, 0.3) is 6.02 Å². The van der Waals surface area contributed by atoms with Gasteiger partial charge in [-0.2, -0.15) is 0 Å². The zero-order chi connectivity index (χ0) is 29.9. The van der Waals surface area contributed by atoms with Crippen LogP contribution in [-0.4, -0.2) is 38.6 Å². The molecule has 2 saturated carbocycles. The number of anilines is 3. The summed E-state index contributed by atoms with van der Waals surface area (Å²) < 4.78 is 16.9. The molecule has 43 heavy (non-hydrogen) atoms. The first-order valence-electron chi connectivity index (χ1n) is 15.5. The Morgan fingerprint density at radius 1 is 0.721 bits per heavy atom. The Balaban J connectivity index is 1.38. The third-order valence-corrected chi connectivity index (χ3v) is 8.26. The molecule has 1 N–H and O–H groups in total. The van der Waals surface area contributed by atoms with Crippen molar-refractivity contribution in [3.8, 4) is 11.5 Å². The number of hydrogen-bond donors (Lipinski definition) is 1. The first-order valence-corrected chi connectivity index (χ1v) is 15.5. The summed E-state index contributed by atoms with van der Waals surface area (Å²) in [5.41, 5.74) is 3.82. The predicted octanol–water partition coefficient (Wildman–Crippen LogP) is 8.34. The lowest BCUT2D eigenvalue weighted by Crippen LogP contribution is -2.38. The summed E-state index contributed by atoms with van der Waals surface area (Å²) in [6.45, 7) is 0. The number of nitrogens with zero attached hydrogens (tertiary/aromatic N) is 2. The highest BCUT2D eigenvalue weighted by atomic mass is 16.5. The minimum Gasteiger partial charge on any atom is -0.497 e. The smallest absolute Gasteiger partial charge is 0.290 e. The maximum atomic E-state index is 12.2. The number of carbonyl (C=O) groups is 1. The molecule has 0 heterocycles. The topological polar surface area (TPSA) is 72.4 Å². The first-order chi connectivity index (χ1) is 21.1. The van der Waals surface area contributed by atoms with Crippen LogP contribution in [0.15, 0.2) is 83.5 Å². The minimum atomic E-state index is 0.243. The van der Waals surface area contributed by atoms with E-state index in [1.807, 2.05) is 72.8 Å². The molecule has 0 amide bonds. The zero-order valence-electron chi connectivity index (χ0n) is 25.3. The van der Waals surface area contributed by atoms with Crippen molar-refractivity contribution in [3.63, 3.8) is 0 Å². The quantitative estimate of drug-likeness (QED) is 0.0853. The van der Waals surface area contributed by atoms with E-state index in [1.54, 1.807) is 20.3 Å². The third kappa shape index (κ3) is 8.40. The Bertz CT molecular complexity index is 1310. The van der Waals surface area contributed by atoms with Gasteiger partial charge in [0.05, 0.1) is 20.3 Å². The van der Waals surface area contributed by atoms with Gasteiger partial charge >= 0.3 is 0 Å². The van der Waals surface area contributed by atoms with Gasteiger partial charge in [-0.25, -0.2) is 4.99 Å². The molecule has 0 atom stereocenters. The Morgan fingerprint density at radius 3 is 1.70 bits per heavy atom. The van der Waals surface area contributed by atoms with Gasteiger partial charge in [0.1, 0.15) is 11.5 Å². The number of nitrogens with one attached hydrogen (secondary N) is 1. The van der Waals surface area contributed by atoms with Crippen LogP contribution in [0.1, 0.15) is 69.8 Å². The van der Waals surface area contributed by atoms with Gasteiger partial charge in [-0.05, 0) is 98.0 Å². The van der Waals surface area contributed by atoms with Crippen molar-refractivity contribution in [2.45, 2.75) is 76.3 Å². The molecule has 3 aromatic carbocycles. The van der Waals surface area contributed by atoms with Gasteiger partial charge < -0.3 is 24.4 Å². The van der Waals surface area contributed by atoms with Crippen LogP contribution in [-0.2, 0) is 9.53 Å². The number of methoxy groups -OCH3 is 2. The van der Waals surface area contributed by atoms with Gasteiger partial charge in [-0.1, -0.05) is 50.7 Å². The van der Waals surface area contributed by atoms with Gasteiger partial charge in [0.15, 0.2) is 12.0 Å². The standard InChI is InChI=1S/C36H43N3O4/c1-41-33-21-17-31(18-22-33)39(32-19-23-34(42-2)24-20-32)30-15-13-27(14-16-30)25-35(26-40)43-36(37-28-9-5-3-6-10-28)38-29-11-7-4-8-12-29/h13-26,28-29H,3-12H2,1-2H3,(H,37,38)/b35-25+. The molecular weight excluding hydrogens is 538 g/mol. The molecule has 0 saturated heterocycles. The van der Waals surface area contributed by atoms with Crippen molar-refractivity contribution in [1.82, 2.24) is 5.32 Å². The largest absolute Gasteiger partial charge is 0.497 e. The number of rotatable bonds is 10. The van der Waals surface area contributed by atoms with Crippen LogP contribution in [0.5, 0.6) is 11.5 Å². The molecule has 7 nitrogen and oxygen atoms in total. The third-order valence-electron chi connectivity index (χ3n) is 8.26. The fourth-order valence-electron chi connectivity index (χ4n) is 5.88. The number of hydrogen-bond acceptors (Lipinski definition) is 6. The number of allylic oxidation sites excluding steroid dienone is 1. The van der Waals surface area contributed by atoms with E-state index >= 15 is 0 Å². The molecule has 0 unspecified atom stereocenters. The number of ether oxygens (including phenoxy) is 3. The lowest BCUT2D eigenvalue weighted by Gasteiger charge is -2.26. The van der Waals surface area contributed by atoms with E-state index in [0.29, 0.717) is 12.1 Å². The van der Waals surface area contributed by atoms with Crippen LogP contribution in [0, 0.1) is 0 Å². The average molecular weight is 582 g/mol. The Morgan fingerprint density at radius 2 is 1.21 bits per heavy atom. The molecule has 0 radical (unpaired) electrons. The first kappa shape index (κ1) is 30.2. The van der Waals surface area contributed by atoms with E-state index in [1.165, 1.54) is 38.5 Å². The molecule has 2 aliphatic carbocycles. The van der Waals surface area contributed by atoms with Gasteiger partial charge in [0.2, 0.25) is 0 Å². The molecule has 3 aromatic rings. The highest BCUT2D eigenvalue weighted by Crippen LogP contribution is 2.36. The molecule has 0 bridgehead atoms. The molecule has 2 fully saturated rings. The highest BCUT2D eigenvalue weighted by Gasteiger charge is 2.20. The van der Waals surface area contributed by atoms with Crippen LogP contribution in [0.25, 0.3) is 6.08 Å². The van der Waals surface area contributed by atoms with E-state index in [9.17, 15) is 4.79 Å². The summed E-state index contributed by atoms with van der Waals surface area (Å²) in [5.74, 6) is 1.84. The normalized spacial score (nSPS) is 16.8. The van der Waals surface area contributed by atoms with E-state index in [4.69, 9.17) is 19.2 Å². The van der Waals surface area contributed by atoms with Crippen molar-refractivity contribution < 1.29 is 19.0 Å². The number of aliphatic imine (C=N–C) groups is 1. The summed E-state index contributed by atoms with van der Waals surface area (Å²) in [7, 11) is 3.33. The van der Waals surface area contributed by atoms with Gasteiger partial charge in [-0.15, -0.1) is 0 Å². The minimum absolute atomic E-state index is 0.243. The lowest BCUT2D eigenvalue weighted by atomic mass is 9.95. The van der Waals surface area contributed by atoms with Crippen LogP contribution < -0.4 is 19.7 Å². The molecule has 0 aromatic heterocycles. The molecular formula is C36H43N3O4. The second kappa shape index (κ2) is 15.3. The van der Waals surface area contributed by atoms with Crippen LogP contribution in [0.2, 0.25) is 0 Å². The fraction of sp³-hybridized carbons (Fsp3) is 0.389. The lowest BCUT2D eigenvalue weighted by molar-refractivity contribution is -0.106. The molecule has 7 heteroatoms. The maximum Gasteiger partial charge on any atom is 0.290 e. The number of amidine groups is 1. The van der Waals surface area contributed by atoms with E-state index < -0.39 is 0 Å². The second-order valence-electron chi connectivity index (χ2n) is 11.3. The molecule has 5 rings (SSSR count). The highest BCUT2D eigenvalue weighted by molar-refractivity contribution is 5.86. The summed E-state index contributed by atoms with van der Waals surface area (Å²) >= 11 is 0. The van der Waals surface area contributed by atoms with Crippen molar-refractivity contribution >= 4 is 35.4 Å². The van der Waals surface area contributed by atoms with Crippen LogP contribution in [0.4, 0.5) is 17.1 Å². The van der Waals surface area contributed by atoms with E-state index in [-0.39, 0.29) is 11.8 Å².